The summed E-state index contributed by atoms with van der Waals surface area (Å²) in [5.41, 5.74) is 3.03. The second-order valence-corrected chi connectivity index (χ2v) is 9.78. The van der Waals surface area contributed by atoms with Crippen molar-refractivity contribution in [3.63, 3.8) is 0 Å². The van der Waals surface area contributed by atoms with E-state index in [4.69, 9.17) is 21.1 Å². The first-order valence-corrected chi connectivity index (χ1v) is 12.6. The van der Waals surface area contributed by atoms with Crippen LogP contribution >= 0.6 is 50.1 Å². The zero-order chi connectivity index (χ0) is 24.7. The molecule has 1 amide bonds. The maximum Gasteiger partial charge on any atom is 0.266 e. The lowest BCUT2D eigenvalue weighted by Gasteiger charge is -2.15. The molecule has 0 spiro atoms. The Balaban J connectivity index is 1.85. The van der Waals surface area contributed by atoms with E-state index in [2.05, 4.69) is 43.8 Å². The Bertz CT molecular complexity index is 1270. The van der Waals surface area contributed by atoms with Crippen LogP contribution in [0, 0.1) is 21.8 Å². The highest BCUT2D eigenvalue weighted by atomic mass is 127. The van der Waals surface area contributed by atoms with Gasteiger partial charge in [0.1, 0.15) is 18.2 Å². The Morgan fingerprint density at radius 2 is 1.91 bits per heavy atom. The minimum Gasteiger partial charge on any atom is -0.490 e. The summed E-state index contributed by atoms with van der Waals surface area (Å²) >= 11 is 11.6. The van der Waals surface area contributed by atoms with Gasteiger partial charge in [-0.2, -0.15) is 5.26 Å². The van der Waals surface area contributed by atoms with Gasteiger partial charge in [0.15, 0.2) is 11.5 Å². The van der Waals surface area contributed by atoms with E-state index in [1.807, 2.05) is 50.2 Å². The van der Waals surface area contributed by atoms with Gasteiger partial charge in [0.05, 0.1) is 10.2 Å². The topological polar surface area (TPSA) is 71.3 Å². The summed E-state index contributed by atoms with van der Waals surface area (Å²) in [7, 11) is 0. The molecule has 3 aromatic carbocycles. The van der Waals surface area contributed by atoms with E-state index < -0.39 is 5.91 Å². The Labute approximate surface area is 226 Å². The molecular weight excluding hydrogens is 631 g/mol. The Kier molecular flexibility index (Phi) is 9.39. The number of carbonyl (C=O) groups excluding carboxylic acids is 1. The smallest absolute Gasteiger partial charge is 0.266 e. The summed E-state index contributed by atoms with van der Waals surface area (Å²) in [5, 5.41) is 12.9. The van der Waals surface area contributed by atoms with Gasteiger partial charge in [0.2, 0.25) is 0 Å². The van der Waals surface area contributed by atoms with Crippen molar-refractivity contribution in [3.8, 4) is 17.6 Å². The number of aryl methyl sites for hydroxylation is 1. The van der Waals surface area contributed by atoms with E-state index in [1.165, 1.54) is 6.08 Å². The number of amides is 1. The molecule has 174 valence electrons. The number of nitrogens with one attached hydrogen (secondary N) is 1. The average molecular weight is 652 g/mol. The van der Waals surface area contributed by atoms with Crippen LogP contribution in [0.2, 0.25) is 5.02 Å². The standard InChI is InChI=1S/C26H21BrClIN2O3/c1-3-33-24-12-18(11-22(29)25(24)34-15-17-5-7-20(27)8-6-17)10-19(14-30)26(32)31-23-13-21(28)9-4-16(23)2/h4-13H,3,15H2,1-2H3,(H,31,32)/b19-10+. The third-order valence-corrected chi connectivity index (χ3v) is 6.32. The Hall–Kier alpha value is -2.54. The van der Waals surface area contributed by atoms with Crippen molar-refractivity contribution in [2.45, 2.75) is 20.5 Å². The summed E-state index contributed by atoms with van der Waals surface area (Å²) in [6.07, 6.45) is 1.53. The number of nitriles is 1. The molecule has 8 heteroatoms. The number of rotatable bonds is 8. The predicted octanol–water partition coefficient (Wildman–Crippen LogP) is 7.54. The molecule has 3 aromatic rings. The van der Waals surface area contributed by atoms with Crippen molar-refractivity contribution < 1.29 is 14.3 Å². The molecule has 5 nitrogen and oxygen atoms in total. The molecule has 3 rings (SSSR count). The molecule has 1 N–H and O–H groups in total. The van der Waals surface area contributed by atoms with Gasteiger partial charge in [-0.3, -0.25) is 4.79 Å². The first-order valence-electron chi connectivity index (χ1n) is 10.3. The van der Waals surface area contributed by atoms with Gasteiger partial charge in [0.25, 0.3) is 5.91 Å². The lowest BCUT2D eigenvalue weighted by molar-refractivity contribution is -0.112. The summed E-state index contributed by atoms with van der Waals surface area (Å²) in [6, 6.07) is 18.7. The van der Waals surface area contributed by atoms with E-state index in [9.17, 15) is 10.1 Å². The van der Waals surface area contributed by atoms with Crippen LogP contribution in [-0.2, 0) is 11.4 Å². The number of halogens is 3. The van der Waals surface area contributed by atoms with Crippen LogP contribution in [0.1, 0.15) is 23.6 Å². The number of anilines is 1. The van der Waals surface area contributed by atoms with Crippen LogP contribution in [0.5, 0.6) is 11.5 Å². The lowest BCUT2D eigenvalue weighted by atomic mass is 10.1. The fourth-order valence-electron chi connectivity index (χ4n) is 3.04. The maximum atomic E-state index is 12.8. The highest BCUT2D eigenvalue weighted by Crippen LogP contribution is 2.35. The van der Waals surface area contributed by atoms with Gasteiger partial charge >= 0.3 is 0 Å². The number of hydrogen-bond donors (Lipinski definition) is 1. The first kappa shape index (κ1) is 26.1. The molecular formula is C26H21BrClIN2O3. The molecule has 0 saturated heterocycles. The van der Waals surface area contributed by atoms with Crippen LogP contribution in [0.3, 0.4) is 0 Å². The Morgan fingerprint density at radius 3 is 2.59 bits per heavy atom. The maximum absolute atomic E-state index is 12.8. The molecule has 34 heavy (non-hydrogen) atoms. The monoisotopic (exact) mass is 650 g/mol. The Morgan fingerprint density at radius 1 is 1.18 bits per heavy atom. The van der Waals surface area contributed by atoms with Gasteiger partial charge in [-0.1, -0.05) is 45.7 Å². The molecule has 0 radical (unpaired) electrons. The van der Waals surface area contributed by atoms with Crippen molar-refractivity contribution >= 4 is 67.8 Å². The van der Waals surface area contributed by atoms with Gasteiger partial charge < -0.3 is 14.8 Å². The summed E-state index contributed by atoms with van der Waals surface area (Å²) in [5.74, 6) is 0.637. The molecule has 0 unspecified atom stereocenters. The molecule has 0 aromatic heterocycles. The summed E-state index contributed by atoms with van der Waals surface area (Å²) < 4.78 is 13.7. The quantitative estimate of drug-likeness (QED) is 0.155. The molecule has 0 aliphatic carbocycles. The lowest BCUT2D eigenvalue weighted by Crippen LogP contribution is -2.14. The van der Waals surface area contributed by atoms with Crippen molar-refractivity contribution in [1.82, 2.24) is 0 Å². The second kappa shape index (κ2) is 12.2. The SMILES string of the molecule is CCOc1cc(/C=C(\C#N)C(=O)Nc2cc(Cl)ccc2C)cc(I)c1OCc1ccc(Br)cc1. The van der Waals surface area contributed by atoms with Gasteiger partial charge in [-0.15, -0.1) is 0 Å². The molecule has 0 fully saturated rings. The first-order chi connectivity index (χ1) is 16.3. The van der Waals surface area contributed by atoms with Crippen molar-refractivity contribution in [2.75, 3.05) is 11.9 Å². The third kappa shape index (κ3) is 6.98. The van der Waals surface area contributed by atoms with Crippen LogP contribution in [-0.4, -0.2) is 12.5 Å². The van der Waals surface area contributed by atoms with Crippen LogP contribution in [0.4, 0.5) is 5.69 Å². The van der Waals surface area contributed by atoms with Crippen molar-refractivity contribution in [3.05, 3.63) is 89.9 Å². The predicted molar refractivity (Wildman–Crippen MR) is 147 cm³/mol. The van der Waals surface area contributed by atoms with E-state index in [0.29, 0.717) is 41.0 Å². The van der Waals surface area contributed by atoms with E-state index in [-0.39, 0.29) is 5.57 Å². The van der Waals surface area contributed by atoms with Gasteiger partial charge in [-0.05, 0) is 95.6 Å². The zero-order valence-corrected chi connectivity index (χ0v) is 23.0. The number of benzene rings is 3. The normalized spacial score (nSPS) is 11.0. The van der Waals surface area contributed by atoms with Crippen LogP contribution in [0.15, 0.2) is 64.6 Å². The fraction of sp³-hybridized carbons (Fsp3) is 0.154. The van der Waals surface area contributed by atoms with E-state index >= 15 is 0 Å². The molecule has 0 aliphatic rings. The van der Waals surface area contributed by atoms with Gasteiger partial charge in [0, 0.05) is 15.2 Å². The number of ether oxygens (including phenoxy) is 2. The summed E-state index contributed by atoms with van der Waals surface area (Å²) in [6.45, 7) is 4.56. The zero-order valence-electron chi connectivity index (χ0n) is 18.5. The average Bonchev–Trinajstić information content (AvgIpc) is 2.80. The van der Waals surface area contributed by atoms with Crippen LogP contribution in [0.25, 0.3) is 6.08 Å². The summed E-state index contributed by atoms with van der Waals surface area (Å²) in [4.78, 5) is 12.8. The molecule has 0 atom stereocenters. The molecule has 0 saturated carbocycles. The fourth-order valence-corrected chi connectivity index (χ4v) is 4.26. The minimum atomic E-state index is -0.517. The number of nitrogens with zero attached hydrogens (tertiary/aromatic N) is 1. The second-order valence-electron chi connectivity index (χ2n) is 7.26. The van der Waals surface area contributed by atoms with Crippen molar-refractivity contribution in [2.24, 2.45) is 0 Å². The molecule has 0 aliphatic heterocycles. The minimum absolute atomic E-state index is 0.0406. The van der Waals surface area contributed by atoms with Crippen LogP contribution < -0.4 is 14.8 Å². The van der Waals surface area contributed by atoms with E-state index in [0.717, 1.165) is 19.2 Å². The highest BCUT2D eigenvalue weighted by molar-refractivity contribution is 14.1. The highest BCUT2D eigenvalue weighted by Gasteiger charge is 2.15. The largest absolute Gasteiger partial charge is 0.490 e. The molecule has 0 bridgehead atoms. The molecule has 0 heterocycles. The number of hydrogen-bond acceptors (Lipinski definition) is 4. The number of carbonyl (C=O) groups is 1. The van der Waals surface area contributed by atoms with E-state index in [1.54, 1.807) is 24.3 Å². The van der Waals surface area contributed by atoms with Crippen molar-refractivity contribution in [1.29, 1.82) is 5.26 Å². The third-order valence-electron chi connectivity index (χ3n) is 4.75. The van der Waals surface area contributed by atoms with Gasteiger partial charge in [-0.25, -0.2) is 0 Å².